The van der Waals surface area contributed by atoms with Gasteiger partial charge in [-0.3, -0.25) is 4.79 Å². The van der Waals surface area contributed by atoms with Crippen LogP contribution in [0.15, 0.2) is 18.2 Å². The van der Waals surface area contributed by atoms with Gasteiger partial charge < -0.3 is 9.80 Å². The van der Waals surface area contributed by atoms with Crippen molar-refractivity contribution in [2.75, 3.05) is 24.5 Å². The molecule has 0 spiro atoms. The average Bonchev–Trinajstić information content (AvgIpc) is 2.86. The zero-order valence-electron chi connectivity index (χ0n) is 11.3. The predicted octanol–water partition coefficient (Wildman–Crippen LogP) is 2.51. The number of anilines is 1. The van der Waals surface area contributed by atoms with Crippen LogP contribution in [0.1, 0.15) is 42.9 Å². The van der Waals surface area contributed by atoms with Gasteiger partial charge in [0.15, 0.2) is 0 Å². The lowest BCUT2D eigenvalue weighted by Gasteiger charge is -2.42. The van der Waals surface area contributed by atoms with E-state index >= 15 is 0 Å². The van der Waals surface area contributed by atoms with Gasteiger partial charge in [0.2, 0.25) is 5.91 Å². The Bertz CT molecular complexity index is 525. The van der Waals surface area contributed by atoms with Crippen LogP contribution in [0, 0.1) is 0 Å². The minimum absolute atomic E-state index is 0.333. The van der Waals surface area contributed by atoms with Crippen molar-refractivity contribution in [1.29, 1.82) is 0 Å². The SMILES string of the molecule is O=C1CCCN1C1CCN2CCCc3cccc1c32. The summed E-state index contributed by atoms with van der Waals surface area (Å²) < 4.78 is 0. The Morgan fingerprint density at radius 1 is 1.05 bits per heavy atom. The molecule has 100 valence electrons. The summed E-state index contributed by atoms with van der Waals surface area (Å²) >= 11 is 0. The Morgan fingerprint density at radius 2 is 1.95 bits per heavy atom. The molecule has 3 aliphatic rings. The van der Waals surface area contributed by atoms with Gasteiger partial charge in [-0.05, 0) is 36.8 Å². The maximum absolute atomic E-state index is 12.0. The molecule has 1 atom stereocenters. The molecule has 0 radical (unpaired) electrons. The van der Waals surface area contributed by atoms with Gasteiger partial charge in [0.1, 0.15) is 0 Å². The molecule has 0 aliphatic carbocycles. The fraction of sp³-hybridized carbons (Fsp3) is 0.562. The fourth-order valence-corrected chi connectivity index (χ4v) is 4.02. The second-order valence-corrected chi connectivity index (χ2v) is 5.94. The van der Waals surface area contributed by atoms with E-state index in [-0.39, 0.29) is 0 Å². The van der Waals surface area contributed by atoms with E-state index in [1.165, 1.54) is 36.2 Å². The molecule has 1 saturated heterocycles. The van der Waals surface area contributed by atoms with Crippen LogP contribution in [0.5, 0.6) is 0 Å². The molecule has 0 saturated carbocycles. The molecule has 3 heterocycles. The van der Waals surface area contributed by atoms with Crippen LogP contribution < -0.4 is 4.90 Å². The summed E-state index contributed by atoms with van der Waals surface area (Å²) in [6, 6.07) is 7.02. The van der Waals surface area contributed by atoms with Gasteiger partial charge in [0.25, 0.3) is 0 Å². The lowest BCUT2D eigenvalue weighted by atomic mass is 9.88. The van der Waals surface area contributed by atoms with Crippen LogP contribution in [-0.2, 0) is 11.2 Å². The van der Waals surface area contributed by atoms with Crippen molar-refractivity contribution in [3.05, 3.63) is 29.3 Å². The molecule has 1 aromatic carbocycles. The number of carbonyl (C=O) groups excluding carboxylic acids is 1. The Morgan fingerprint density at radius 3 is 2.79 bits per heavy atom. The zero-order chi connectivity index (χ0) is 12.8. The number of nitrogens with zero attached hydrogens (tertiary/aromatic N) is 2. The number of hydrogen-bond donors (Lipinski definition) is 0. The minimum atomic E-state index is 0.333. The summed E-state index contributed by atoms with van der Waals surface area (Å²) in [5, 5.41) is 0. The highest BCUT2D eigenvalue weighted by atomic mass is 16.2. The number of para-hydroxylation sites is 1. The second kappa shape index (κ2) is 4.26. The number of carbonyl (C=O) groups is 1. The third-order valence-corrected chi connectivity index (χ3v) is 4.86. The van der Waals surface area contributed by atoms with E-state index < -0.39 is 0 Å². The highest BCUT2D eigenvalue weighted by Crippen LogP contribution is 2.42. The van der Waals surface area contributed by atoms with E-state index in [0.717, 1.165) is 32.4 Å². The predicted molar refractivity (Wildman–Crippen MR) is 75.3 cm³/mol. The van der Waals surface area contributed by atoms with E-state index in [1.807, 2.05) is 0 Å². The highest BCUT2D eigenvalue weighted by molar-refractivity contribution is 5.79. The summed E-state index contributed by atoms with van der Waals surface area (Å²) in [4.78, 5) is 16.7. The maximum atomic E-state index is 12.0. The summed E-state index contributed by atoms with van der Waals surface area (Å²) in [7, 11) is 0. The number of amides is 1. The first-order valence-electron chi connectivity index (χ1n) is 7.51. The molecular weight excluding hydrogens is 236 g/mol. The van der Waals surface area contributed by atoms with Crippen molar-refractivity contribution in [3.63, 3.8) is 0 Å². The van der Waals surface area contributed by atoms with Crippen molar-refractivity contribution in [1.82, 2.24) is 4.90 Å². The van der Waals surface area contributed by atoms with E-state index in [1.54, 1.807) is 0 Å². The fourth-order valence-electron chi connectivity index (χ4n) is 4.02. The first-order chi connectivity index (χ1) is 9.34. The van der Waals surface area contributed by atoms with Crippen molar-refractivity contribution in [2.45, 2.75) is 38.1 Å². The summed E-state index contributed by atoms with van der Waals surface area (Å²) in [6.45, 7) is 3.25. The first-order valence-corrected chi connectivity index (χ1v) is 7.51. The first kappa shape index (κ1) is 11.3. The summed E-state index contributed by atoms with van der Waals surface area (Å²) in [5.41, 5.74) is 4.34. The van der Waals surface area contributed by atoms with Crippen molar-refractivity contribution < 1.29 is 4.79 Å². The van der Waals surface area contributed by atoms with E-state index in [9.17, 15) is 4.79 Å². The average molecular weight is 256 g/mol. The summed E-state index contributed by atoms with van der Waals surface area (Å²) in [5.74, 6) is 0.354. The van der Waals surface area contributed by atoms with Gasteiger partial charge in [-0.2, -0.15) is 0 Å². The van der Waals surface area contributed by atoms with Crippen LogP contribution in [0.3, 0.4) is 0 Å². The molecule has 1 aromatic rings. The second-order valence-electron chi connectivity index (χ2n) is 5.94. The van der Waals surface area contributed by atoms with Crippen LogP contribution in [0.2, 0.25) is 0 Å². The molecule has 0 N–H and O–H groups in total. The van der Waals surface area contributed by atoms with E-state index in [2.05, 4.69) is 28.0 Å². The Labute approximate surface area is 114 Å². The quantitative estimate of drug-likeness (QED) is 0.771. The molecule has 1 unspecified atom stereocenters. The highest BCUT2D eigenvalue weighted by Gasteiger charge is 2.35. The van der Waals surface area contributed by atoms with E-state index in [0.29, 0.717) is 11.9 Å². The number of aryl methyl sites for hydroxylation is 1. The number of hydrogen-bond acceptors (Lipinski definition) is 2. The van der Waals surface area contributed by atoms with Crippen LogP contribution in [0.25, 0.3) is 0 Å². The Balaban J connectivity index is 1.78. The van der Waals surface area contributed by atoms with Gasteiger partial charge in [0, 0.05) is 31.7 Å². The molecule has 4 rings (SSSR count). The van der Waals surface area contributed by atoms with Gasteiger partial charge >= 0.3 is 0 Å². The lowest BCUT2D eigenvalue weighted by Crippen LogP contribution is -2.41. The van der Waals surface area contributed by atoms with Crippen LogP contribution in [0.4, 0.5) is 5.69 Å². The van der Waals surface area contributed by atoms with Gasteiger partial charge in [0.05, 0.1) is 6.04 Å². The molecular formula is C16H20N2O. The van der Waals surface area contributed by atoms with Gasteiger partial charge in [-0.15, -0.1) is 0 Å². The van der Waals surface area contributed by atoms with Crippen molar-refractivity contribution in [2.24, 2.45) is 0 Å². The largest absolute Gasteiger partial charge is 0.371 e. The van der Waals surface area contributed by atoms with Gasteiger partial charge in [-0.1, -0.05) is 18.2 Å². The van der Waals surface area contributed by atoms with Crippen LogP contribution >= 0.6 is 0 Å². The summed E-state index contributed by atoms with van der Waals surface area (Å²) in [6.07, 6.45) is 5.34. The molecule has 0 bridgehead atoms. The number of rotatable bonds is 1. The minimum Gasteiger partial charge on any atom is -0.371 e. The normalized spacial score (nSPS) is 25.7. The maximum Gasteiger partial charge on any atom is 0.223 e. The molecule has 1 amide bonds. The van der Waals surface area contributed by atoms with Crippen molar-refractivity contribution >= 4 is 11.6 Å². The molecule has 1 fully saturated rings. The van der Waals surface area contributed by atoms with Crippen molar-refractivity contribution in [3.8, 4) is 0 Å². The Kier molecular flexibility index (Phi) is 2.54. The lowest BCUT2D eigenvalue weighted by molar-refractivity contribution is -0.130. The number of likely N-dealkylation sites (tertiary alicyclic amines) is 1. The topological polar surface area (TPSA) is 23.6 Å². The third-order valence-electron chi connectivity index (χ3n) is 4.86. The van der Waals surface area contributed by atoms with Gasteiger partial charge in [-0.25, -0.2) is 0 Å². The molecule has 0 aromatic heterocycles. The molecule has 19 heavy (non-hydrogen) atoms. The molecule has 3 heteroatoms. The van der Waals surface area contributed by atoms with Crippen LogP contribution in [-0.4, -0.2) is 30.4 Å². The monoisotopic (exact) mass is 256 g/mol. The Hall–Kier alpha value is -1.51. The zero-order valence-corrected chi connectivity index (χ0v) is 11.3. The molecule has 3 aliphatic heterocycles. The standard InChI is InChI=1S/C16H20N2O/c19-15-7-3-10-18(15)14-8-11-17-9-2-5-12-4-1-6-13(14)16(12)17/h1,4,6,14H,2-3,5,7-11H2. The van der Waals surface area contributed by atoms with E-state index in [4.69, 9.17) is 0 Å². The number of benzene rings is 1. The molecule has 3 nitrogen and oxygen atoms in total. The smallest absolute Gasteiger partial charge is 0.223 e. The third kappa shape index (κ3) is 1.67.